The Bertz CT molecular complexity index is 242. The summed E-state index contributed by atoms with van der Waals surface area (Å²) in [5.74, 6) is 0.991. The Labute approximate surface area is 105 Å². The fourth-order valence-corrected chi connectivity index (χ4v) is 2.08. The number of amides is 1. The third kappa shape index (κ3) is 4.94. The standard InChI is InChI=1S/C13H26N2O2/c1-10(2)7-12-8-14-5-6-15(12)13(16)17-9-11(3)4/h10-12,14H,5-9H2,1-4H3. The summed E-state index contributed by atoms with van der Waals surface area (Å²) in [5.41, 5.74) is 0. The molecule has 0 aromatic heterocycles. The van der Waals surface area contributed by atoms with Crippen LogP contribution in [0.25, 0.3) is 0 Å². The maximum Gasteiger partial charge on any atom is 0.410 e. The molecule has 0 aliphatic carbocycles. The predicted octanol–water partition coefficient (Wildman–Crippen LogP) is 2.10. The van der Waals surface area contributed by atoms with E-state index in [9.17, 15) is 4.79 Å². The van der Waals surface area contributed by atoms with Gasteiger partial charge in [-0.25, -0.2) is 4.79 Å². The molecule has 4 nitrogen and oxygen atoms in total. The molecule has 1 heterocycles. The number of ether oxygens (including phenoxy) is 1. The average molecular weight is 242 g/mol. The molecule has 1 aliphatic rings. The zero-order chi connectivity index (χ0) is 12.8. The molecule has 1 N–H and O–H groups in total. The number of hydrogen-bond donors (Lipinski definition) is 1. The first-order valence-corrected chi connectivity index (χ1v) is 6.64. The van der Waals surface area contributed by atoms with Crippen LogP contribution < -0.4 is 5.32 Å². The summed E-state index contributed by atoms with van der Waals surface area (Å²) in [6.45, 7) is 11.5. The van der Waals surface area contributed by atoms with Gasteiger partial charge < -0.3 is 15.0 Å². The topological polar surface area (TPSA) is 41.6 Å². The van der Waals surface area contributed by atoms with E-state index in [1.165, 1.54) is 0 Å². The lowest BCUT2D eigenvalue weighted by Crippen LogP contribution is -2.54. The molecular weight excluding hydrogens is 216 g/mol. The molecule has 0 aromatic rings. The predicted molar refractivity (Wildman–Crippen MR) is 69.0 cm³/mol. The third-order valence-corrected chi connectivity index (χ3v) is 2.87. The van der Waals surface area contributed by atoms with Crippen molar-refractivity contribution in [1.29, 1.82) is 0 Å². The minimum absolute atomic E-state index is 0.147. The summed E-state index contributed by atoms with van der Waals surface area (Å²) in [4.78, 5) is 13.9. The molecule has 1 unspecified atom stereocenters. The number of hydrogen-bond acceptors (Lipinski definition) is 3. The van der Waals surface area contributed by atoms with E-state index in [0.29, 0.717) is 18.4 Å². The van der Waals surface area contributed by atoms with Gasteiger partial charge in [0.25, 0.3) is 0 Å². The van der Waals surface area contributed by atoms with Crippen molar-refractivity contribution < 1.29 is 9.53 Å². The molecule has 1 aliphatic heterocycles. The second-order valence-corrected chi connectivity index (χ2v) is 5.65. The summed E-state index contributed by atoms with van der Waals surface area (Å²) in [6.07, 6.45) is 0.884. The van der Waals surface area contributed by atoms with Gasteiger partial charge in [-0.3, -0.25) is 0 Å². The molecule has 1 saturated heterocycles. The van der Waals surface area contributed by atoms with E-state index < -0.39 is 0 Å². The van der Waals surface area contributed by atoms with Crippen molar-refractivity contribution in [2.45, 2.75) is 40.2 Å². The van der Waals surface area contributed by atoms with Crippen molar-refractivity contribution in [2.24, 2.45) is 11.8 Å². The second-order valence-electron chi connectivity index (χ2n) is 5.65. The fourth-order valence-electron chi connectivity index (χ4n) is 2.08. The van der Waals surface area contributed by atoms with Crippen LogP contribution in [0.5, 0.6) is 0 Å². The molecule has 4 heteroatoms. The molecule has 1 atom stereocenters. The van der Waals surface area contributed by atoms with Gasteiger partial charge in [0.05, 0.1) is 6.61 Å². The van der Waals surface area contributed by atoms with E-state index in [-0.39, 0.29) is 12.1 Å². The molecule has 0 aromatic carbocycles. The van der Waals surface area contributed by atoms with E-state index in [0.717, 1.165) is 26.1 Å². The first-order chi connectivity index (χ1) is 8.00. The molecule has 0 bridgehead atoms. The maximum atomic E-state index is 12.0. The molecule has 1 fully saturated rings. The number of nitrogens with one attached hydrogen (secondary N) is 1. The minimum Gasteiger partial charge on any atom is -0.449 e. The van der Waals surface area contributed by atoms with Gasteiger partial charge in [0.15, 0.2) is 0 Å². The van der Waals surface area contributed by atoms with Gasteiger partial charge in [-0.2, -0.15) is 0 Å². The van der Waals surface area contributed by atoms with E-state index in [1.807, 2.05) is 4.90 Å². The van der Waals surface area contributed by atoms with Crippen molar-refractivity contribution in [1.82, 2.24) is 10.2 Å². The molecule has 1 amide bonds. The van der Waals surface area contributed by atoms with Crippen molar-refractivity contribution in [3.63, 3.8) is 0 Å². The van der Waals surface area contributed by atoms with Gasteiger partial charge in [0.1, 0.15) is 0 Å². The van der Waals surface area contributed by atoms with Gasteiger partial charge in [0.2, 0.25) is 0 Å². The number of carbonyl (C=O) groups excluding carboxylic acids is 1. The quantitative estimate of drug-likeness (QED) is 0.821. The summed E-state index contributed by atoms with van der Waals surface area (Å²) in [5, 5.41) is 3.34. The zero-order valence-electron chi connectivity index (χ0n) is 11.5. The average Bonchev–Trinajstić information content (AvgIpc) is 2.25. The lowest BCUT2D eigenvalue weighted by atomic mass is 10.0. The van der Waals surface area contributed by atoms with Gasteiger partial charge in [-0.1, -0.05) is 27.7 Å². The number of nitrogens with zero attached hydrogens (tertiary/aromatic N) is 1. The van der Waals surface area contributed by atoms with E-state index in [4.69, 9.17) is 4.74 Å². The highest BCUT2D eigenvalue weighted by Crippen LogP contribution is 2.14. The van der Waals surface area contributed by atoms with Crippen LogP contribution in [-0.4, -0.2) is 43.3 Å². The Hall–Kier alpha value is -0.770. The smallest absolute Gasteiger partial charge is 0.410 e. The van der Waals surface area contributed by atoms with Crippen LogP contribution in [0.3, 0.4) is 0 Å². The van der Waals surface area contributed by atoms with Crippen molar-refractivity contribution in [2.75, 3.05) is 26.2 Å². The van der Waals surface area contributed by atoms with Crippen LogP contribution in [0.15, 0.2) is 0 Å². The first-order valence-electron chi connectivity index (χ1n) is 6.64. The lowest BCUT2D eigenvalue weighted by Gasteiger charge is -2.36. The molecule has 0 spiro atoms. The SMILES string of the molecule is CC(C)COC(=O)N1CCNCC1CC(C)C. The molecule has 1 rings (SSSR count). The monoisotopic (exact) mass is 242 g/mol. The van der Waals surface area contributed by atoms with Crippen molar-refractivity contribution in [3.8, 4) is 0 Å². The fraction of sp³-hybridized carbons (Fsp3) is 0.923. The highest BCUT2D eigenvalue weighted by molar-refractivity contribution is 5.68. The minimum atomic E-state index is -0.147. The van der Waals surface area contributed by atoms with Crippen LogP contribution in [0, 0.1) is 11.8 Å². The summed E-state index contributed by atoms with van der Waals surface area (Å²) in [6, 6.07) is 0.281. The molecular formula is C13H26N2O2. The van der Waals surface area contributed by atoms with Crippen LogP contribution in [-0.2, 0) is 4.74 Å². The number of carbonyl (C=O) groups is 1. The molecule has 0 saturated carbocycles. The molecule has 17 heavy (non-hydrogen) atoms. The Morgan fingerprint density at radius 1 is 1.35 bits per heavy atom. The van der Waals surface area contributed by atoms with Gasteiger partial charge >= 0.3 is 6.09 Å². The first kappa shape index (κ1) is 14.3. The summed E-state index contributed by atoms with van der Waals surface area (Å²) < 4.78 is 5.31. The van der Waals surface area contributed by atoms with Crippen molar-refractivity contribution in [3.05, 3.63) is 0 Å². The number of rotatable bonds is 4. The van der Waals surface area contributed by atoms with Crippen molar-refractivity contribution >= 4 is 6.09 Å². The van der Waals surface area contributed by atoms with Crippen LogP contribution in [0.1, 0.15) is 34.1 Å². The Morgan fingerprint density at radius 2 is 2.06 bits per heavy atom. The normalized spacial score (nSPS) is 21.1. The Morgan fingerprint density at radius 3 is 2.65 bits per heavy atom. The maximum absolute atomic E-state index is 12.0. The zero-order valence-corrected chi connectivity index (χ0v) is 11.5. The third-order valence-electron chi connectivity index (χ3n) is 2.87. The van der Waals surface area contributed by atoms with Crippen LogP contribution >= 0.6 is 0 Å². The number of piperazine rings is 1. The van der Waals surface area contributed by atoms with Gasteiger partial charge in [-0.15, -0.1) is 0 Å². The largest absolute Gasteiger partial charge is 0.449 e. The second kappa shape index (κ2) is 6.84. The van der Waals surface area contributed by atoms with Crippen LogP contribution in [0.4, 0.5) is 4.79 Å². The Kier molecular flexibility index (Phi) is 5.75. The summed E-state index contributed by atoms with van der Waals surface area (Å²) >= 11 is 0. The van der Waals surface area contributed by atoms with Gasteiger partial charge in [-0.05, 0) is 18.3 Å². The Balaban J connectivity index is 2.48. The highest BCUT2D eigenvalue weighted by Gasteiger charge is 2.28. The van der Waals surface area contributed by atoms with Crippen LogP contribution in [0.2, 0.25) is 0 Å². The van der Waals surface area contributed by atoms with E-state index in [1.54, 1.807) is 0 Å². The highest BCUT2D eigenvalue weighted by atomic mass is 16.6. The summed E-state index contributed by atoms with van der Waals surface area (Å²) in [7, 11) is 0. The van der Waals surface area contributed by atoms with Gasteiger partial charge in [0, 0.05) is 25.7 Å². The van der Waals surface area contributed by atoms with E-state index >= 15 is 0 Å². The molecule has 0 radical (unpaired) electrons. The molecule has 100 valence electrons. The van der Waals surface area contributed by atoms with E-state index in [2.05, 4.69) is 33.0 Å². The lowest BCUT2D eigenvalue weighted by molar-refractivity contribution is 0.0648.